The van der Waals surface area contributed by atoms with Gasteiger partial charge in [0.15, 0.2) is 0 Å². The number of amides is 2. The van der Waals surface area contributed by atoms with Crippen LogP contribution in [-0.2, 0) is 20.9 Å². The van der Waals surface area contributed by atoms with Crippen molar-refractivity contribution in [2.24, 2.45) is 0 Å². The number of carbonyl (C=O) groups is 2. The molecule has 6 nitrogen and oxygen atoms in total. The second-order valence-corrected chi connectivity index (χ2v) is 7.81. The Morgan fingerprint density at radius 3 is 2.50 bits per heavy atom. The highest BCUT2D eigenvalue weighted by atomic mass is 16.5. The third kappa shape index (κ3) is 6.23. The summed E-state index contributed by atoms with van der Waals surface area (Å²) in [7, 11) is 1.64. The van der Waals surface area contributed by atoms with E-state index in [-0.39, 0.29) is 30.8 Å². The Labute approximate surface area is 167 Å². The normalized spacial score (nSPS) is 19.5. The Kier molecular flexibility index (Phi) is 7.71. The van der Waals surface area contributed by atoms with Gasteiger partial charge in [-0.3, -0.25) is 9.59 Å². The van der Waals surface area contributed by atoms with Crippen LogP contribution in [-0.4, -0.2) is 49.1 Å². The molecule has 2 aliphatic rings. The Morgan fingerprint density at radius 1 is 1.11 bits per heavy atom. The number of carbonyl (C=O) groups excluding carboxylic acids is 2. The number of benzene rings is 1. The van der Waals surface area contributed by atoms with Crippen LogP contribution in [0.2, 0.25) is 0 Å². The van der Waals surface area contributed by atoms with Crippen molar-refractivity contribution in [3.63, 3.8) is 0 Å². The van der Waals surface area contributed by atoms with E-state index < -0.39 is 0 Å². The highest BCUT2D eigenvalue weighted by Gasteiger charge is 2.24. The molecule has 28 heavy (non-hydrogen) atoms. The molecule has 0 radical (unpaired) electrons. The third-order valence-corrected chi connectivity index (χ3v) is 5.62. The first-order chi connectivity index (χ1) is 13.6. The lowest BCUT2D eigenvalue weighted by atomic mass is 10.1. The average molecular weight is 389 g/mol. The Hall–Kier alpha value is -2.08. The van der Waals surface area contributed by atoms with Crippen molar-refractivity contribution < 1.29 is 19.1 Å². The average Bonchev–Trinajstić information content (AvgIpc) is 3.40. The zero-order valence-corrected chi connectivity index (χ0v) is 16.8. The minimum absolute atomic E-state index is 0.00731. The van der Waals surface area contributed by atoms with Gasteiger partial charge in [-0.05, 0) is 43.4 Å². The van der Waals surface area contributed by atoms with Crippen molar-refractivity contribution in [3.8, 4) is 5.75 Å². The lowest BCUT2D eigenvalue weighted by Gasteiger charge is -2.26. The molecule has 1 saturated carbocycles. The second-order valence-electron chi connectivity index (χ2n) is 7.81. The van der Waals surface area contributed by atoms with E-state index in [0.717, 1.165) is 43.6 Å². The summed E-state index contributed by atoms with van der Waals surface area (Å²) < 4.78 is 10.9. The van der Waals surface area contributed by atoms with Crippen molar-refractivity contribution in [3.05, 3.63) is 29.8 Å². The molecule has 1 aliphatic carbocycles. The van der Waals surface area contributed by atoms with Crippen molar-refractivity contribution in [1.82, 2.24) is 10.2 Å². The standard InChI is InChI=1S/C22H32N2O4/c1-27-19-10-8-17(9-11-19)15-24(16-20-7-4-14-28-20)22(26)13-12-21(25)23-18-5-2-3-6-18/h8-11,18,20H,2-7,12-16H2,1H3,(H,23,25). The first kappa shape index (κ1) is 20.6. The SMILES string of the molecule is COc1ccc(CN(CC2CCCO2)C(=O)CCC(=O)NC2CCCC2)cc1. The summed E-state index contributed by atoms with van der Waals surface area (Å²) >= 11 is 0. The molecule has 1 heterocycles. The fourth-order valence-electron chi connectivity index (χ4n) is 3.99. The Balaban J connectivity index is 1.54. The third-order valence-electron chi connectivity index (χ3n) is 5.62. The molecule has 154 valence electrons. The molecule has 1 unspecified atom stereocenters. The van der Waals surface area contributed by atoms with Crippen molar-refractivity contribution in [2.45, 2.75) is 70.1 Å². The van der Waals surface area contributed by atoms with Gasteiger partial charge in [0.05, 0.1) is 13.2 Å². The number of hydrogen-bond acceptors (Lipinski definition) is 4. The highest BCUT2D eigenvalue weighted by Crippen LogP contribution is 2.19. The molecule has 0 bridgehead atoms. The number of nitrogens with one attached hydrogen (secondary N) is 1. The summed E-state index contributed by atoms with van der Waals surface area (Å²) in [4.78, 5) is 26.9. The summed E-state index contributed by atoms with van der Waals surface area (Å²) in [6.07, 6.45) is 7.08. The molecule has 0 spiro atoms. The molecule has 3 rings (SSSR count). The van der Waals surface area contributed by atoms with Gasteiger partial charge in [-0.1, -0.05) is 25.0 Å². The second kappa shape index (κ2) is 10.5. The number of methoxy groups -OCH3 is 1. The number of rotatable bonds is 9. The van der Waals surface area contributed by atoms with Gasteiger partial charge in [0.2, 0.25) is 11.8 Å². The summed E-state index contributed by atoms with van der Waals surface area (Å²) in [5.74, 6) is 0.791. The van der Waals surface area contributed by atoms with Gasteiger partial charge in [0.25, 0.3) is 0 Å². The van der Waals surface area contributed by atoms with Crippen molar-refractivity contribution in [2.75, 3.05) is 20.3 Å². The van der Waals surface area contributed by atoms with E-state index in [1.807, 2.05) is 29.2 Å². The molecule has 6 heteroatoms. The lowest BCUT2D eigenvalue weighted by molar-refractivity contribution is -0.135. The molecule has 1 N–H and O–H groups in total. The largest absolute Gasteiger partial charge is 0.497 e. The van der Waals surface area contributed by atoms with Gasteiger partial charge in [-0.2, -0.15) is 0 Å². The van der Waals surface area contributed by atoms with Gasteiger partial charge in [-0.25, -0.2) is 0 Å². The van der Waals surface area contributed by atoms with Crippen LogP contribution >= 0.6 is 0 Å². The van der Waals surface area contributed by atoms with Gasteiger partial charge in [0.1, 0.15) is 5.75 Å². The van der Waals surface area contributed by atoms with E-state index in [0.29, 0.717) is 19.1 Å². The predicted octanol–water partition coefficient (Wildman–Crippen LogP) is 3.04. The van der Waals surface area contributed by atoms with Crippen LogP contribution in [0.1, 0.15) is 56.9 Å². The lowest BCUT2D eigenvalue weighted by Crippen LogP contribution is -2.38. The Morgan fingerprint density at radius 2 is 1.86 bits per heavy atom. The molecule has 1 atom stereocenters. The maximum absolute atomic E-state index is 12.9. The number of hydrogen-bond donors (Lipinski definition) is 1. The topological polar surface area (TPSA) is 67.9 Å². The highest BCUT2D eigenvalue weighted by molar-refractivity contribution is 5.84. The maximum atomic E-state index is 12.9. The molecule has 2 fully saturated rings. The predicted molar refractivity (Wildman–Crippen MR) is 107 cm³/mol. The van der Waals surface area contributed by atoms with Crippen LogP contribution in [0.5, 0.6) is 5.75 Å². The fraction of sp³-hybridized carbons (Fsp3) is 0.636. The molecule has 2 amide bonds. The van der Waals surface area contributed by atoms with Crippen molar-refractivity contribution in [1.29, 1.82) is 0 Å². The van der Waals surface area contributed by atoms with E-state index in [1.54, 1.807) is 7.11 Å². The Bertz CT molecular complexity index is 634. The van der Waals surface area contributed by atoms with Crippen LogP contribution in [0, 0.1) is 0 Å². The van der Waals surface area contributed by atoms with Crippen molar-refractivity contribution >= 4 is 11.8 Å². The van der Waals surface area contributed by atoms with Gasteiger partial charge >= 0.3 is 0 Å². The van der Waals surface area contributed by atoms with E-state index in [4.69, 9.17) is 9.47 Å². The van der Waals surface area contributed by atoms with Gasteiger partial charge in [0, 0.05) is 38.6 Å². The van der Waals surface area contributed by atoms with Crippen LogP contribution < -0.4 is 10.1 Å². The monoisotopic (exact) mass is 388 g/mol. The summed E-state index contributed by atoms with van der Waals surface area (Å²) in [5.41, 5.74) is 1.04. The molecular weight excluding hydrogens is 356 g/mol. The molecule has 0 aromatic heterocycles. The molecule has 1 aromatic carbocycles. The van der Waals surface area contributed by atoms with E-state index >= 15 is 0 Å². The maximum Gasteiger partial charge on any atom is 0.223 e. The summed E-state index contributed by atoms with van der Waals surface area (Å²) in [5, 5.41) is 3.06. The van der Waals surface area contributed by atoms with E-state index in [1.165, 1.54) is 12.8 Å². The van der Waals surface area contributed by atoms with Crippen LogP contribution in [0.15, 0.2) is 24.3 Å². The number of nitrogens with zero attached hydrogens (tertiary/aromatic N) is 1. The van der Waals surface area contributed by atoms with Crippen LogP contribution in [0.25, 0.3) is 0 Å². The first-order valence-electron chi connectivity index (χ1n) is 10.5. The zero-order valence-electron chi connectivity index (χ0n) is 16.8. The summed E-state index contributed by atoms with van der Waals surface area (Å²) in [6.45, 7) is 1.86. The van der Waals surface area contributed by atoms with E-state index in [2.05, 4.69) is 5.32 Å². The smallest absolute Gasteiger partial charge is 0.223 e. The molecule has 1 saturated heterocycles. The minimum Gasteiger partial charge on any atom is -0.497 e. The summed E-state index contributed by atoms with van der Waals surface area (Å²) in [6, 6.07) is 8.05. The molecular formula is C22H32N2O4. The zero-order chi connectivity index (χ0) is 19.8. The fourth-order valence-corrected chi connectivity index (χ4v) is 3.99. The molecule has 1 aliphatic heterocycles. The first-order valence-corrected chi connectivity index (χ1v) is 10.5. The minimum atomic E-state index is -0.0123. The van der Waals surface area contributed by atoms with Crippen LogP contribution in [0.3, 0.4) is 0 Å². The number of ether oxygens (including phenoxy) is 2. The van der Waals surface area contributed by atoms with Crippen LogP contribution in [0.4, 0.5) is 0 Å². The van der Waals surface area contributed by atoms with E-state index in [9.17, 15) is 9.59 Å². The van der Waals surface area contributed by atoms with Gasteiger partial charge < -0.3 is 19.7 Å². The molecule has 1 aromatic rings. The van der Waals surface area contributed by atoms with Gasteiger partial charge in [-0.15, -0.1) is 0 Å². The quantitative estimate of drug-likeness (QED) is 0.706.